The van der Waals surface area contributed by atoms with E-state index >= 15 is 0 Å². The number of allylic oxidation sites excluding steroid dienone is 1. The summed E-state index contributed by atoms with van der Waals surface area (Å²) in [5, 5.41) is 12.0. The number of aromatic nitrogens is 3. The second-order valence-corrected chi connectivity index (χ2v) is 9.87. The Morgan fingerprint density at radius 2 is 1.84 bits per heavy atom. The normalized spacial score (nSPS) is 11.6. The van der Waals surface area contributed by atoms with Crippen LogP contribution >= 0.6 is 11.8 Å². The van der Waals surface area contributed by atoms with Gasteiger partial charge in [-0.1, -0.05) is 79.4 Å². The topological polar surface area (TPSA) is 69.0 Å². The van der Waals surface area contributed by atoms with Crippen LogP contribution in [-0.4, -0.2) is 20.7 Å². The molecule has 190 valence electrons. The second-order valence-electron chi connectivity index (χ2n) is 8.80. The van der Waals surface area contributed by atoms with E-state index in [1.807, 2.05) is 79.1 Å². The van der Waals surface area contributed by atoms with Crippen LogP contribution in [0.3, 0.4) is 0 Å². The third-order valence-corrected chi connectivity index (χ3v) is 7.25. The molecule has 0 fully saturated rings. The fourth-order valence-corrected chi connectivity index (χ4v) is 4.93. The summed E-state index contributed by atoms with van der Waals surface area (Å²) in [5.74, 6) is 1.32. The van der Waals surface area contributed by atoms with Crippen molar-refractivity contribution in [2.75, 3.05) is 5.32 Å². The van der Waals surface area contributed by atoms with Crippen molar-refractivity contribution < 1.29 is 9.53 Å². The number of nitrogens with one attached hydrogen (secondary N) is 1. The first-order valence-corrected chi connectivity index (χ1v) is 13.2. The molecule has 7 heteroatoms. The van der Waals surface area contributed by atoms with Crippen LogP contribution in [0.4, 0.5) is 5.69 Å². The summed E-state index contributed by atoms with van der Waals surface area (Å²) in [4.78, 5) is 13.6. The molecule has 0 aliphatic rings. The highest BCUT2D eigenvalue weighted by Crippen LogP contribution is 2.36. The summed E-state index contributed by atoms with van der Waals surface area (Å²) in [6.45, 7) is 10.8. The Morgan fingerprint density at radius 3 is 2.54 bits per heavy atom. The Balaban J connectivity index is 1.58. The Kier molecular flexibility index (Phi) is 8.80. The number of carbonyl (C=O) groups is 1. The number of hydrogen-bond donors (Lipinski definition) is 1. The lowest BCUT2D eigenvalue weighted by molar-refractivity contribution is -0.115. The molecule has 3 aromatic carbocycles. The maximum atomic E-state index is 13.6. The average molecular weight is 513 g/mol. The quantitative estimate of drug-likeness (QED) is 0.179. The van der Waals surface area contributed by atoms with Crippen LogP contribution in [0.1, 0.15) is 40.3 Å². The summed E-state index contributed by atoms with van der Waals surface area (Å²) in [5.41, 5.74) is 5.05. The van der Waals surface area contributed by atoms with Crippen molar-refractivity contribution in [2.45, 2.75) is 50.8 Å². The molecule has 1 N–H and O–H groups in total. The number of hydrogen-bond acceptors (Lipinski definition) is 5. The molecule has 0 bridgehead atoms. The molecule has 0 saturated carbocycles. The Bertz CT molecular complexity index is 1350. The fourth-order valence-electron chi connectivity index (χ4n) is 3.87. The van der Waals surface area contributed by atoms with Gasteiger partial charge in [-0.2, -0.15) is 0 Å². The summed E-state index contributed by atoms with van der Waals surface area (Å²) in [6, 6.07) is 23.8. The van der Waals surface area contributed by atoms with Crippen LogP contribution in [0.15, 0.2) is 90.6 Å². The number of aryl methyl sites for hydroxylation is 3. The van der Waals surface area contributed by atoms with Gasteiger partial charge in [-0.25, -0.2) is 0 Å². The number of thioether (sulfide) groups is 1. The Labute approximate surface area is 222 Å². The molecule has 0 radical (unpaired) electrons. The number of rotatable bonds is 11. The van der Waals surface area contributed by atoms with Gasteiger partial charge in [-0.05, 0) is 60.7 Å². The largest absolute Gasteiger partial charge is 0.486 e. The molecule has 1 heterocycles. The number of carbonyl (C=O) groups excluding carboxylic acids is 1. The molecule has 0 aliphatic carbocycles. The van der Waals surface area contributed by atoms with Crippen molar-refractivity contribution >= 4 is 23.4 Å². The van der Waals surface area contributed by atoms with Gasteiger partial charge < -0.3 is 10.1 Å². The van der Waals surface area contributed by atoms with Crippen molar-refractivity contribution in [3.05, 3.63) is 114 Å². The van der Waals surface area contributed by atoms with E-state index in [2.05, 4.69) is 41.1 Å². The van der Waals surface area contributed by atoms with Gasteiger partial charge in [0.1, 0.15) is 17.6 Å². The minimum atomic E-state index is -0.524. The zero-order chi connectivity index (χ0) is 26.2. The molecule has 4 rings (SSSR count). The number of nitrogens with zero attached hydrogens (tertiary/aromatic N) is 3. The van der Waals surface area contributed by atoms with Gasteiger partial charge >= 0.3 is 0 Å². The van der Waals surface area contributed by atoms with Crippen molar-refractivity contribution in [1.29, 1.82) is 0 Å². The van der Waals surface area contributed by atoms with Crippen molar-refractivity contribution in [3.8, 4) is 5.75 Å². The fraction of sp³-hybridized carbons (Fsp3) is 0.233. The van der Waals surface area contributed by atoms with E-state index in [0.717, 1.165) is 34.5 Å². The standard InChI is InChI=1S/C30H32N4O2S/c1-5-18-34-27(20-36-25-16-14-23(6-2)15-17-25)32-33-30(34)37-28(24-10-8-7-9-11-24)29(35)31-26-19-21(3)12-13-22(26)4/h5,7-17,19,28H,1,6,18,20H2,2-4H3,(H,31,35)/t28-/m0/s1. The highest BCUT2D eigenvalue weighted by molar-refractivity contribution is 8.00. The molecule has 1 aromatic heterocycles. The lowest BCUT2D eigenvalue weighted by atomic mass is 10.1. The molecule has 4 aromatic rings. The van der Waals surface area contributed by atoms with E-state index in [1.54, 1.807) is 6.08 Å². The van der Waals surface area contributed by atoms with E-state index in [-0.39, 0.29) is 12.5 Å². The van der Waals surface area contributed by atoms with Gasteiger partial charge in [0.25, 0.3) is 0 Å². The van der Waals surface area contributed by atoms with Crippen LogP contribution in [0, 0.1) is 13.8 Å². The Hall–Kier alpha value is -3.84. The molecule has 0 unspecified atom stereocenters. The third-order valence-electron chi connectivity index (χ3n) is 6.02. The zero-order valence-corrected chi connectivity index (χ0v) is 22.3. The summed E-state index contributed by atoms with van der Waals surface area (Å²) < 4.78 is 7.93. The molecule has 1 atom stereocenters. The van der Waals surface area contributed by atoms with Gasteiger partial charge in [-0.15, -0.1) is 16.8 Å². The monoisotopic (exact) mass is 512 g/mol. The summed E-state index contributed by atoms with van der Waals surface area (Å²) in [6.07, 6.45) is 2.77. The SMILES string of the molecule is C=CCn1c(COc2ccc(CC)cc2)nnc1S[C@H](C(=O)Nc1cc(C)ccc1C)c1ccccc1. The van der Waals surface area contributed by atoms with E-state index in [0.29, 0.717) is 17.5 Å². The first-order valence-electron chi connectivity index (χ1n) is 12.3. The number of benzene rings is 3. The molecule has 0 saturated heterocycles. The van der Waals surface area contributed by atoms with Crippen molar-refractivity contribution in [1.82, 2.24) is 14.8 Å². The van der Waals surface area contributed by atoms with Crippen molar-refractivity contribution in [2.24, 2.45) is 0 Å². The first kappa shape index (κ1) is 26.2. The van der Waals surface area contributed by atoms with Crippen LogP contribution in [-0.2, 0) is 24.4 Å². The van der Waals surface area contributed by atoms with Crippen LogP contribution in [0.5, 0.6) is 5.75 Å². The van der Waals surface area contributed by atoms with Gasteiger partial charge in [0.05, 0.1) is 0 Å². The molecular formula is C30H32N4O2S. The van der Waals surface area contributed by atoms with E-state index in [4.69, 9.17) is 4.74 Å². The lowest BCUT2D eigenvalue weighted by Crippen LogP contribution is -2.20. The van der Waals surface area contributed by atoms with Gasteiger partial charge in [0.2, 0.25) is 5.91 Å². The van der Waals surface area contributed by atoms with E-state index in [1.165, 1.54) is 17.3 Å². The molecule has 0 aliphatic heterocycles. The molecular weight excluding hydrogens is 480 g/mol. The van der Waals surface area contributed by atoms with E-state index < -0.39 is 5.25 Å². The zero-order valence-electron chi connectivity index (χ0n) is 21.5. The number of amides is 1. The molecule has 0 spiro atoms. The van der Waals surface area contributed by atoms with Gasteiger partial charge in [0.15, 0.2) is 11.0 Å². The second kappa shape index (κ2) is 12.4. The number of ether oxygens (including phenoxy) is 1. The van der Waals surface area contributed by atoms with Gasteiger partial charge in [-0.3, -0.25) is 9.36 Å². The van der Waals surface area contributed by atoms with Crippen LogP contribution < -0.4 is 10.1 Å². The highest BCUT2D eigenvalue weighted by atomic mass is 32.2. The summed E-state index contributed by atoms with van der Waals surface area (Å²) in [7, 11) is 0. The average Bonchev–Trinajstić information content (AvgIpc) is 3.30. The minimum absolute atomic E-state index is 0.119. The first-order chi connectivity index (χ1) is 18.0. The lowest BCUT2D eigenvalue weighted by Gasteiger charge is -2.18. The smallest absolute Gasteiger partial charge is 0.242 e. The Morgan fingerprint density at radius 1 is 1.08 bits per heavy atom. The van der Waals surface area contributed by atoms with E-state index in [9.17, 15) is 4.79 Å². The van der Waals surface area contributed by atoms with Crippen molar-refractivity contribution in [3.63, 3.8) is 0 Å². The molecule has 6 nitrogen and oxygen atoms in total. The third kappa shape index (κ3) is 6.68. The van der Waals surface area contributed by atoms with Crippen LogP contribution in [0.25, 0.3) is 0 Å². The van der Waals surface area contributed by atoms with Crippen LogP contribution in [0.2, 0.25) is 0 Å². The maximum absolute atomic E-state index is 13.6. The predicted molar refractivity (Wildman–Crippen MR) is 150 cm³/mol. The predicted octanol–water partition coefficient (Wildman–Crippen LogP) is 6.69. The maximum Gasteiger partial charge on any atom is 0.242 e. The number of anilines is 1. The molecule has 37 heavy (non-hydrogen) atoms. The molecule has 1 amide bonds. The minimum Gasteiger partial charge on any atom is -0.486 e. The summed E-state index contributed by atoms with van der Waals surface area (Å²) >= 11 is 1.37. The van der Waals surface area contributed by atoms with Gasteiger partial charge in [0, 0.05) is 12.2 Å². The highest BCUT2D eigenvalue weighted by Gasteiger charge is 2.26.